The maximum atomic E-state index is 12.6. The molecule has 0 aliphatic rings. The lowest BCUT2D eigenvalue weighted by Gasteiger charge is -2.24. The number of aliphatic carboxylic acids is 1. The number of thiol groups is 1. The number of aliphatic hydroxyl groups is 1. The van der Waals surface area contributed by atoms with Crippen LogP contribution in [-0.4, -0.2) is 86.3 Å². The van der Waals surface area contributed by atoms with Gasteiger partial charge in [-0.2, -0.15) is 12.6 Å². The molecule has 0 bridgehead atoms. The number of rotatable bonds is 14. The molecular weight excluding hydrogens is 446 g/mol. The van der Waals surface area contributed by atoms with Crippen LogP contribution in [0.3, 0.4) is 0 Å². The molecule has 1 rings (SSSR count). The summed E-state index contributed by atoms with van der Waals surface area (Å²) in [6.07, 6.45) is 2.52. The highest BCUT2D eigenvalue weighted by molar-refractivity contribution is 7.80. The van der Waals surface area contributed by atoms with Gasteiger partial charge in [0.05, 0.1) is 19.0 Å². The lowest BCUT2D eigenvalue weighted by molar-refractivity contribution is -0.142. The van der Waals surface area contributed by atoms with E-state index in [9.17, 15) is 29.1 Å². The van der Waals surface area contributed by atoms with E-state index in [1.54, 1.807) is 0 Å². The maximum absolute atomic E-state index is 12.6. The van der Waals surface area contributed by atoms with Gasteiger partial charge in [0.1, 0.15) is 18.1 Å². The van der Waals surface area contributed by atoms with Crippen molar-refractivity contribution in [2.45, 2.75) is 43.4 Å². The number of carboxylic acid groups (broad SMARTS) is 1. The predicted molar refractivity (Wildman–Crippen MR) is 113 cm³/mol. The van der Waals surface area contributed by atoms with Crippen molar-refractivity contribution in [3.8, 4) is 0 Å². The number of carbonyl (C=O) groups is 5. The minimum atomic E-state index is -1.52. The van der Waals surface area contributed by atoms with Crippen molar-refractivity contribution in [3.05, 3.63) is 18.2 Å². The average Bonchev–Trinajstić information content (AvgIpc) is 3.25. The lowest BCUT2D eigenvalue weighted by Crippen LogP contribution is -2.58. The van der Waals surface area contributed by atoms with Crippen LogP contribution in [-0.2, 0) is 30.4 Å². The van der Waals surface area contributed by atoms with Crippen molar-refractivity contribution < 1.29 is 34.2 Å². The Morgan fingerprint density at radius 3 is 2.16 bits per heavy atom. The number of aromatic amines is 1. The highest BCUT2D eigenvalue weighted by Crippen LogP contribution is 2.02. The van der Waals surface area contributed by atoms with E-state index in [-0.39, 0.29) is 25.0 Å². The van der Waals surface area contributed by atoms with Crippen molar-refractivity contribution in [2.75, 3.05) is 12.4 Å². The molecule has 0 fully saturated rings. The Morgan fingerprint density at radius 2 is 1.66 bits per heavy atom. The number of hydrogen-bond acceptors (Lipinski definition) is 9. The van der Waals surface area contributed by atoms with Gasteiger partial charge in [-0.3, -0.25) is 19.2 Å². The summed E-state index contributed by atoms with van der Waals surface area (Å²) in [7, 11) is 0. The quantitative estimate of drug-likeness (QED) is 0.119. The van der Waals surface area contributed by atoms with Gasteiger partial charge < -0.3 is 42.6 Å². The summed E-state index contributed by atoms with van der Waals surface area (Å²) in [5.41, 5.74) is 11.5. The van der Waals surface area contributed by atoms with Gasteiger partial charge in [0.2, 0.25) is 23.6 Å². The fraction of sp³-hybridized carbons (Fsp3) is 0.529. The molecule has 15 heteroatoms. The summed E-state index contributed by atoms with van der Waals surface area (Å²) in [5.74, 6) is -4.89. The molecule has 10 N–H and O–H groups in total. The molecule has 0 aliphatic carbocycles. The third-order valence-electron chi connectivity index (χ3n) is 4.26. The van der Waals surface area contributed by atoms with Gasteiger partial charge >= 0.3 is 5.97 Å². The molecule has 0 aliphatic heterocycles. The molecule has 14 nitrogen and oxygen atoms in total. The van der Waals surface area contributed by atoms with Crippen LogP contribution in [0.1, 0.15) is 18.5 Å². The second-order valence-electron chi connectivity index (χ2n) is 6.78. The zero-order valence-corrected chi connectivity index (χ0v) is 17.9. The van der Waals surface area contributed by atoms with E-state index in [0.29, 0.717) is 5.69 Å². The molecule has 178 valence electrons. The molecule has 4 unspecified atom stereocenters. The molecule has 0 saturated carbocycles. The van der Waals surface area contributed by atoms with Crippen LogP contribution in [0.5, 0.6) is 0 Å². The molecule has 0 radical (unpaired) electrons. The van der Waals surface area contributed by atoms with Crippen LogP contribution in [0.25, 0.3) is 0 Å². The number of H-pyrrole nitrogens is 1. The smallest absolute Gasteiger partial charge is 0.327 e. The van der Waals surface area contributed by atoms with Crippen molar-refractivity contribution in [1.29, 1.82) is 0 Å². The number of aromatic nitrogens is 2. The average molecular weight is 474 g/mol. The zero-order chi connectivity index (χ0) is 24.3. The summed E-state index contributed by atoms with van der Waals surface area (Å²) in [4.78, 5) is 66.0. The van der Waals surface area contributed by atoms with Gasteiger partial charge in [-0.05, 0) is 6.42 Å². The Hall–Kier alpha value is -3.17. The van der Waals surface area contributed by atoms with Gasteiger partial charge in [0.25, 0.3) is 0 Å². The van der Waals surface area contributed by atoms with Crippen LogP contribution in [0.4, 0.5) is 0 Å². The van der Waals surface area contributed by atoms with Crippen LogP contribution in [0, 0.1) is 0 Å². The normalized spacial score (nSPS) is 14.5. The molecule has 1 heterocycles. The Bertz CT molecular complexity index is 805. The molecule has 0 aromatic carbocycles. The van der Waals surface area contributed by atoms with Crippen LogP contribution in [0.2, 0.25) is 0 Å². The highest BCUT2D eigenvalue weighted by atomic mass is 32.1. The number of nitrogens with one attached hydrogen (secondary N) is 4. The number of carboxylic acids is 1. The number of nitrogens with zero attached hydrogens (tertiary/aromatic N) is 1. The Morgan fingerprint density at radius 1 is 1.06 bits per heavy atom. The summed E-state index contributed by atoms with van der Waals surface area (Å²) >= 11 is 3.81. The summed E-state index contributed by atoms with van der Waals surface area (Å²) < 4.78 is 0. The summed E-state index contributed by atoms with van der Waals surface area (Å²) in [6, 6.07) is -5.22. The van der Waals surface area contributed by atoms with Crippen molar-refractivity contribution in [2.24, 2.45) is 11.5 Å². The first-order valence-electron chi connectivity index (χ1n) is 9.45. The number of imidazole rings is 1. The van der Waals surface area contributed by atoms with Crippen molar-refractivity contribution in [1.82, 2.24) is 25.9 Å². The van der Waals surface area contributed by atoms with Crippen LogP contribution < -0.4 is 27.4 Å². The number of primary amides is 1. The maximum Gasteiger partial charge on any atom is 0.327 e. The number of hydrogen-bond donors (Lipinski definition) is 9. The molecule has 1 aromatic heterocycles. The number of amides is 4. The molecule has 32 heavy (non-hydrogen) atoms. The molecule has 4 atom stereocenters. The third-order valence-corrected chi connectivity index (χ3v) is 4.62. The first kappa shape index (κ1) is 26.9. The Kier molecular flexibility index (Phi) is 11.2. The van der Waals surface area contributed by atoms with E-state index >= 15 is 0 Å². The van der Waals surface area contributed by atoms with E-state index in [4.69, 9.17) is 16.6 Å². The predicted octanol–water partition coefficient (Wildman–Crippen LogP) is -3.99. The fourth-order valence-corrected chi connectivity index (χ4v) is 2.73. The second kappa shape index (κ2) is 13.3. The first-order chi connectivity index (χ1) is 15.1. The topological polar surface area (TPSA) is 243 Å². The van der Waals surface area contributed by atoms with Crippen LogP contribution in [0.15, 0.2) is 12.5 Å². The highest BCUT2D eigenvalue weighted by Gasteiger charge is 2.30. The number of carbonyl (C=O) groups excluding carboxylic acids is 4. The van der Waals surface area contributed by atoms with E-state index < -0.39 is 60.4 Å². The largest absolute Gasteiger partial charge is 0.480 e. The van der Waals surface area contributed by atoms with Crippen molar-refractivity contribution >= 4 is 42.2 Å². The molecule has 4 amide bonds. The standard InChI is InChI=1S/C17H27N7O7S/c18-9(3-8-4-20-7-21-8)14(27)22-10(1-2-13(19)26)15(28)23-11(5-25)16(29)24-12(6-32)17(30)31/h4,7,9-12,25,32H,1-3,5-6,18H2,(H2,19,26)(H,20,21)(H,22,27)(H,23,28)(H,24,29)(H,30,31). The van der Waals surface area contributed by atoms with E-state index in [1.165, 1.54) is 12.5 Å². The minimum absolute atomic E-state index is 0.0952. The van der Waals surface area contributed by atoms with E-state index in [0.717, 1.165) is 0 Å². The SMILES string of the molecule is NC(=O)CCC(NC(=O)C(N)Cc1cnc[nH]1)C(=O)NC(CO)C(=O)NC(CS)C(=O)O. The minimum Gasteiger partial charge on any atom is -0.480 e. The molecular formula is C17H27N7O7S. The van der Waals surface area contributed by atoms with E-state index in [1.807, 2.05) is 0 Å². The van der Waals surface area contributed by atoms with Gasteiger partial charge in [-0.1, -0.05) is 0 Å². The zero-order valence-electron chi connectivity index (χ0n) is 17.0. The monoisotopic (exact) mass is 473 g/mol. The van der Waals surface area contributed by atoms with Gasteiger partial charge in [-0.15, -0.1) is 0 Å². The van der Waals surface area contributed by atoms with E-state index in [2.05, 4.69) is 38.5 Å². The van der Waals surface area contributed by atoms with Gasteiger partial charge in [0, 0.05) is 30.5 Å². The third kappa shape index (κ3) is 8.91. The molecule has 0 spiro atoms. The Labute approximate surface area is 188 Å². The van der Waals surface area contributed by atoms with Gasteiger partial charge in [-0.25, -0.2) is 9.78 Å². The Balaban J connectivity index is 2.83. The van der Waals surface area contributed by atoms with Crippen molar-refractivity contribution in [3.63, 3.8) is 0 Å². The van der Waals surface area contributed by atoms with Gasteiger partial charge in [0.15, 0.2) is 0 Å². The number of nitrogens with two attached hydrogens (primary N) is 2. The summed E-state index contributed by atoms with van der Waals surface area (Å²) in [5, 5.41) is 25.1. The molecule has 1 aromatic rings. The first-order valence-corrected chi connectivity index (χ1v) is 10.1. The molecule has 0 saturated heterocycles. The second-order valence-corrected chi connectivity index (χ2v) is 7.14. The fourth-order valence-electron chi connectivity index (χ4n) is 2.48. The van der Waals surface area contributed by atoms with Crippen LogP contribution >= 0.6 is 12.6 Å². The lowest BCUT2D eigenvalue weighted by atomic mass is 10.1. The number of aliphatic hydroxyl groups excluding tert-OH is 1. The summed E-state index contributed by atoms with van der Waals surface area (Å²) in [6.45, 7) is -0.855.